The van der Waals surface area contributed by atoms with E-state index < -0.39 is 7.60 Å². The Morgan fingerprint density at radius 3 is 1.82 bits per heavy atom. The fraction of sp³-hybridized carbons (Fsp3) is 0.200. The van der Waals surface area contributed by atoms with Gasteiger partial charge in [0.25, 0.3) is 0 Å². The van der Waals surface area contributed by atoms with Crippen LogP contribution in [0.1, 0.15) is 45.7 Å². The van der Waals surface area contributed by atoms with Crippen LogP contribution in [0.4, 0.5) is 0 Å². The molecule has 0 bridgehead atoms. The summed E-state index contributed by atoms with van der Waals surface area (Å²) < 4.78 is 24.0. The van der Waals surface area contributed by atoms with E-state index in [0.717, 1.165) is 0 Å². The Morgan fingerprint density at radius 2 is 1.27 bits per heavy atom. The highest BCUT2D eigenvalue weighted by atomic mass is 35.5. The summed E-state index contributed by atoms with van der Waals surface area (Å²) in [5.41, 5.74) is 1.31. The summed E-state index contributed by atoms with van der Waals surface area (Å²) in [5.74, 6) is -0.516. The lowest BCUT2D eigenvalue weighted by molar-refractivity contribution is 0.0463. The minimum absolute atomic E-state index is 0.199. The van der Waals surface area contributed by atoms with Crippen molar-refractivity contribution < 1.29 is 23.2 Å². The van der Waals surface area contributed by atoms with E-state index in [1.165, 1.54) is 6.07 Å². The highest BCUT2D eigenvalue weighted by Crippen LogP contribution is 2.52. The SMILES string of the molecule is CC1(C)COP(=O)(c2ccc(C(=O)c3ccc(C(=O)c4cc(Cl)ccc4Cl)cc3)cc2)OC1. The van der Waals surface area contributed by atoms with Crippen molar-refractivity contribution >= 4 is 47.7 Å². The van der Waals surface area contributed by atoms with Gasteiger partial charge in [0, 0.05) is 32.7 Å². The molecule has 0 aromatic heterocycles. The fourth-order valence-electron chi connectivity index (χ4n) is 3.31. The number of halogens is 2. The Kier molecular flexibility index (Phi) is 6.63. The third-order valence-electron chi connectivity index (χ3n) is 5.28. The molecule has 5 nitrogen and oxygen atoms in total. The van der Waals surface area contributed by atoms with Crippen LogP contribution in [-0.2, 0) is 13.6 Å². The number of ketones is 2. The summed E-state index contributed by atoms with van der Waals surface area (Å²) in [7, 11) is -3.39. The van der Waals surface area contributed by atoms with Crippen molar-refractivity contribution in [2.45, 2.75) is 13.8 Å². The molecular weight excluding hydrogens is 482 g/mol. The van der Waals surface area contributed by atoms with Crippen LogP contribution in [0, 0.1) is 5.41 Å². The topological polar surface area (TPSA) is 69.7 Å². The van der Waals surface area contributed by atoms with E-state index in [0.29, 0.717) is 50.8 Å². The molecule has 0 saturated carbocycles. The minimum atomic E-state index is -3.39. The monoisotopic (exact) mass is 502 g/mol. The zero-order chi connectivity index (χ0) is 23.8. The number of carbonyl (C=O) groups excluding carboxylic acids is 2. The summed E-state index contributed by atoms with van der Waals surface area (Å²) in [5, 5.41) is 1.13. The van der Waals surface area contributed by atoms with Crippen LogP contribution in [0.3, 0.4) is 0 Å². The molecular formula is C25H21Cl2O5P. The molecule has 1 aliphatic heterocycles. The zero-order valence-corrected chi connectivity index (χ0v) is 20.4. The molecule has 0 N–H and O–H groups in total. The molecule has 3 aromatic rings. The van der Waals surface area contributed by atoms with Crippen molar-refractivity contribution in [3.63, 3.8) is 0 Å². The first-order valence-corrected chi connectivity index (χ1v) is 12.5. The molecule has 0 unspecified atom stereocenters. The number of hydrogen-bond acceptors (Lipinski definition) is 5. The minimum Gasteiger partial charge on any atom is -0.305 e. The molecule has 3 aromatic carbocycles. The third-order valence-corrected chi connectivity index (χ3v) is 7.71. The molecule has 8 heteroatoms. The van der Waals surface area contributed by atoms with E-state index in [1.54, 1.807) is 60.7 Å². The standard InChI is InChI=1S/C25H21Cl2O5P/c1-25(2)14-31-33(30,32-15-25)20-10-7-17(8-11-20)23(28)16-3-5-18(6-4-16)24(29)21-13-19(26)9-12-22(21)27/h3-13H,14-15H2,1-2H3. The first-order chi connectivity index (χ1) is 15.6. The van der Waals surface area contributed by atoms with Gasteiger partial charge in [0.05, 0.1) is 23.5 Å². The van der Waals surface area contributed by atoms with Crippen LogP contribution in [0.5, 0.6) is 0 Å². The number of benzene rings is 3. The molecule has 1 saturated heterocycles. The maximum Gasteiger partial charge on any atom is 0.361 e. The van der Waals surface area contributed by atoms with Gasteiger partial charge in [-0.25, -0.2) is 0 Å². The number of hydrogen-bond donors (Lipinski definition) is 0. The van der Waals surface area contributed by atoms with Crippen LogP contribution >= 0.6 is 30.8 Å². The fourth-order valence-corrected chi connectivity index (χ4v) is 5.61. The molecule has 4 rings (SSSR count). The second-order valence-electron chi connectivity index (χ2n) is 8.62. The smallest absolute Gasteiger partial charge is 0.305 e. The van der Waals surface area contributed by atoms with Gasteiger partial charge >= 0.3 is 7.60 Å². The normalized spacial score (nSPS) is 16.8. The Morgan fingerprint density at radius 1 is 0.788 bits per heavy atom. The molecule has 0 amide bonds. The third kappa shape index (κ3) is 5.13. The molecule has 0 atom stereocenters. The lowest BCUT2D eigenvalue weighted by atomic mass is 9.97. The van der Waals surface area contributed by atoms with E-state index >= 15 is 0 Å². The Hall–Kier alpha value is -2.27. The molecule has 33 heavy (non-hydrogen) atoms. The predicted molar refractivity (Wildman–Crippen MR) is 129 cm³/mol. The summed E-state index contributed by atoms with van der Waals surface area (Å²) in [4.78, 5) is 25.6. The van der Waals surface area contributed by atoms with Gasteiger partial charge < -0.3 is 9.05 Å². The summed E-state index contributed by atoms with van der Waals surface area (Å²) in [6.45, 7) is 4.61. The first-order valence-electron chi connectivity index (χ1n) is 10.2. The van der Waals surface area contributed by atoms with E-state index in [-0.39, 0.29) is 17.0 Å². The molecule has 0 aliphatic carbocycles. The van der Waals surface area contributed by atoms with Gasteiger partial charge in [-0.05, 0) is 30.3 Å². The summed E-state index contributed by atoms with van der Waals surface area (Å²) in [6, 6.07) is 17.4. The van der Waals surface area contributed by atoms with Crippen molar-refractivity contribution in [2.24, 2.45) is 5.41 Å². The van der Waals surface area contributed by atoms with Gasteiger partial charge in [0.15, 0.2) is 11.6 Å². The summed E-state index contributed by atoms with van der Waals surface area (Å²) in [6.07, 6.45) is 0. The van der Waals surface area contributed by atoms with Crippen LogP contribution in [0.15, 0.2) is 66.7 Å². The van der Waals surface area contributed by atoms with Crippen molar-refractivity contribution in [1.29, 1.82) is 0 Å². The van der Waals surface area contributed by atoms with Crippen LogP contribution < -0.4 is 5.30 Å². The van der Waals surface area contributed by atoms with E-state index in [4.69, 9.17) is 32.2 Å². The number of carbonyl (C=O) groups is 2. The van der Waals surface area contributed by atoms with Crippen molar-refractivity contribution in [2.75, 3.05) is 13.2 Å². The molecule has 0 radical (unpaired) electrons. The molecule has 1 fully saturated rings. The molecule has 1 heterocycles. The predicted octanol–water partition coefficient (Wildman–Crippen LogP) is 6.35. The largest absolute Gasteiger partial charge is 0.361 e. The first kappa shape index (κ1) is 23.9. The zero-order valence-electron chi connectivity index (χ0n) is 18.0. The highest BCUT2D eigenvalue weighted by molar-refractivity contribution is 7.62. The van der Waals surface area contributed by atoms with Gasteiger partial charge in [-0.3, -0.25) is 14.2 Å². The molecule has 0 spiro atoms. The number of rotatable bonds is 5. The van der Waals surface area contributed by atoms with Gasteiger partial charge in [-0.1, -0.05) is 73.4 Å². The maximum absolute atomic E-state index is 13.0. The van der Waals surface area contributed by atoms with E-state index in [9.17, 15) is 14.2 Å². The Labute approximate surface area is 202 Å². The maximum atomic E-state index is 13.0. The summed E-state index contributed by atoms with van der Waals surface area (Å²) >= 11 is 12.1. The molecule has 1 aliphatic rings. The lowest BCUT2D eigenvalue weighted by Gasteiger charge is -2.34. The van der Waals surface area contributed by atoms with Crippen molar-refractivity contribution in [3.8, 4) is 0 Å². The van der Waals surface area contributed by atoms with Crippen LogP contribution in [0.2, 0.25) is 10.0 Å². The second kappa shape index (κ2) is 9.17. The van der Waals surface area contributed by atoms with Crippen molar-refractivity contribution in [3.05, 3.63) is 99.0 Å². The van der Waals surface area contributed by atoms with Crippen LogP contribution in [-0.4, -0.2) is 24.8 Å². The van der Waals surface area contributed by atoms with Gasteiger partial charge in [-0.2, -0.15) is 0 Å². The Bertz CT molecular complexity index is 1250. The van der Waals surface area contributed by atoms with E-state index in [2.05, 4.69) is 0 Å². The second-order valence-corrected chi connectivity index (χ2v) is 11.5. The van der Waals surface area contributed by atoms with Gasteiger partial charge in [0.2, 0.25) is 0 Å². The highest BCUT2D eigenvalue weighted by Gasteiger charge is 2.38. The van der Waals surface area contributed by atoms with Gasteiger partial charge in [0.1, 0.15) is 0 Å². The quantitative estimate of drug-likeness (QED) is 0.300. The van der Waals surface area contributed by atoms with Crippen LogP contribution in [0.25, 0.3) is 0 Å². The average Bonchev–Trinajstić information content (AvgIpc) is 2.82. The van der Waals surface area contributed by atoms with E-state index in [1.807, 2.05) is 13.8 Å². The van der Waals surface area contributed by atoms with Crippen molar-refractivity contribution in [1.82, 2.24) is 0 Å². The lowest BCUT2D eigenvalue weighted by Crippen LogP contribution is -2.31. The molecule has 170 valence electrons. The van der Waals surface area contributed by atoms with Gasteiger partial charge in [-0.15, -0.1) is 0 Å². The average molecular weight is 503 g/mol. The Balaban J connectivity index is 1.50.